The zero-order valence-electron chi connectivity index (χ0n) is 15.8. The van der Waals surface area contributed by atoms with Crippen LogP contribution >= 0.6 is 0 Å². The van der Waals surface area contributed by atoms with Gasteiger partial charge in [0.15, 0.2) is 17.3 Å². The average molecular weight is 375 g/mol. The fraction of sp³-hybridized carbons (Fsp3) is 0.136. The molecule has 0 saturated heterocycles. The van der Waals surface area contributed by atoms with E-state index in [1.54, 1.807) is 25.6 Å². The van der Waals surface area contributed by atoms with Crippen LogP contribution in [-0.4, -0.2) is 29.6 Å². The lowest BCUT2D eigenvalue weighted by atomic mass is 10.2. The molecule has 1 amide bonds. The van der Waals surface area contributed by atoms with E-state index in [4.69, 9.17) is 9.47 Å². The normalized spacial score (nSPS) is 10.6. The number of benzene rings is 2. The van der Waals surface area contributed by atoms with Gasteiger partial charge < -0.3 is 14.8 Å². The molecular formula is C22H21N3O3. The van der Waals surface area contributed by atoms with Gasteiger partial charge in [-0.3, -0.25) is 4.79 Å². The molecule has 1 N–H and O–H groups in total. The molecule has 0 spiro atoms. The van der Waals surface area contributed by atoms with Crippen LogP contribution in [0.25, 0.3) is 17.5 Å². The van der Waals surface area contributed by atoms with Crippen molar-refractivity contribution in [2.75, 3.05) is 19.0 Å². The number of amides is 1. The summed E-state index contributed by atoms with van der Waals surface area (Å²) in [6.45, 7) is 2.47. The molecule has 0 radical (unpaired) electrons. The van der Waals surface area contributed by atoms with Crippen LogP contribution in [0.1, 0.15) is 12.5 Å². The summed E-state index contributed by atoms with van der Waals surface area (Å²) >= 11 is 0. The molecule has 6 nitrogen and oxygen atoms in total. The summed E-state index contributed by atoms with van der Waals surface area (Å²) in [6, 6.07) is 15.1. The second-order valence-electron chi connectivity index (χ2n) is 5.83. The Kier molecular flexibility index (Phi) is 6.36. The highest BCUT2D eigenvalue weighted by Gasteiger charge is 2.05. The maximum atomic E-state index is 12.2. The van der Waals surface area contributed by atoms with Crippen LogP contribution in [0.2, 0.25) is 0 Å². The molecule has 0 atom stereocenters. The first-order chi connectivity index (χ1) is 13.7. The highest BCUT2D eigenvalue weighted by Crippen LogP contribution is 2.28. The fourth-order valence-corrected chi connectivity index (χ4v) is 2.55. The number of methoxy groups -OCH3 is 1. The maximum absolute atomic E-state index is 12.2. The molecule has 3 aromatic rings. The molecule has 0 aliphatic rings. The zero-order chi connectivity index (χ0) is 19.8. The van der Waals surface area contributed by atoms with Crippen molar-refractivity contribution in [3.63, 3.8) is 0 Å². The molecule has 0 saturated carbocycles. The van der Waals surface area contributed by atoms with Crippen molar-refractivity contribution in [3.8, 4) is 22.9 Å². The van der Waals surface area contributed by atoms with Crippen molar-refractivity contribution < 1.29 is 14.3 Å². The van der Waals surface area contributed by atoms with Gasteiger partial charge in [-0.1, -0.05) is 36.4 Å². The Bertz CT molecular complexity index is 955. The van der Waals surface area contributed by atoms with E-state index < -0.39 is 0 Å². The molecule has 1 aromatic heterocycles. The second kappa shape index (κ2) is 9.32. The second-order valence-corrected chi connectivity index (χ2v) is 5.83. The Morgan fingerprint density at radius 2 is 1.82 bits per heavy atom. The summed E-state index contributed by atoms with van der Waals surface area (Å²) in [4.78, 5) is 20.7. The summed E-state index contributed by atoms with van der Waals surface area (Å²) < 4.78 is 10.8. The van der Waals surface area contributed by atoms with Crippen molar-refractivity contribution in [1.29, 1.82) is 0 Å². The molecule has 2 aromatic carbocycles. The monoisotopic (exact) mass is 375 g/mol. The van der Waals surface area contributed by atoms with Gasteiger partial charge >= 0.3 is 0 Å². The van der Waals surface area contributed by atoms with E-state index in [-0.39, 0.29) is 5.91 Å². The quantitative estimate of drug-likeness (QED) is 0.627. The van der Waals surface area contributed by atoms with Crippen LogP contribution in [0.3, 0.4) is 0 Å². The van der Waals surface area contributed by atoms with Crippen LogP contribution in [0.5, 0.6) is 11.5 Å². The number of hydrogen-bond acceptors (Lipinski definition) is 5. The average Bonchev–Trinajstić information content (AvgIpc) is 2.74. The Morgan fingerprint density at radius 3 is 2.50 bits per heavy atom. The van der Waals surface area contributed by atoms with Crippen LogP contribution in [0.4, 0.5) is 5.69 Å². The van der Waals surface area contributed by atoms with Crippen molar-refractivity contribution >= 4 is 17.7 Å². The van der Waals surface area contributed by atoms with Gasteiger partial charge in [0.2, 0.25) is 5.91 Å². The van der Waals surface area contributed by atoms with Gasteiger partial charge in [0.25, 0.3) is 0 Å². The van der Waals surface area contributed by atoms with E-state index in [1.807, 2.05) is 55.5 Å². The Balaban J connectivity index is 1.64. The standard InChI is InChI=1S/C22H21N3O3/c1-3-28-19-11-9-16(13-20(19)27-2)10-12-21(26)25-18-14-23-22(24-15-18)17-7-5-4-6-8-17/h4-15H,3H2,1-2H3,(H,25,26)/b12-10+. The van der Waals surface area contributed by atoms with Gasteiger partial charge in [-0.05, 0) is 30.7 Å². The highest BCUT2D eigenvalue weighted by molar-refractivity contribution is 6.01. The van der Waals surface area contributed by atoms with Crippen molar-refractivity contribution in [2.24, 2.45) is 0 Å². The van der Waals surface area contributed by atoms with Crippen molar-refractivity contribution in [3.05, 3.63) is 72.6 Å². The lowest BCUT2D eigenvalue weighted by molar-refractivity contribution is -0.111. The lowest BCUT2D eigenvalue weighted by Crippen LogP contribution is -2.08. The number of nitrogens with one attached hydrogen (secondary N) is 1. The van der Waals surface area contributed by atoms with E-state index >= 15 is 0 Å². The Morgan fingerprint density at radius 1 is 1.07 bits per heavy atom. The van der Waals surface area contributed by atoms with Crippen molar-refractivity contribution in [1.82, 2.24) is 9.97 Å². The number of hydrogen-bond donors (Lipinski definition) is 1. The van der Waals surface area contributed by atoms with Gasteiger partial charge in [0.1, 0.15) is 0 Å². The molecule has 3 rings (SSSR count). The molecule has 0 fully saturated rings. The summed E-state index contributed by atoms with van der Waals surface area (Å²) in [7, 11) is 1.58. The molecular weight excluding hydrogens is 354 g/mol. The lowest BCUT2D eigenvalue weighted by Gasteiger charge is -2.09. The predicted molar refractivity (Wildman–Crippen MR) is 109 cm³/mol. The molecule has 28 heavy (non-hydrogen) atoms. The molecule has 0 bridgehead atoms. The first-order valence-electron chi connectivity index (χ1n) is 8.87. The van der Waals surface area contributed by atoms with Crippen LogP contribution in [0, 0.1) is 0 Å². The van der Waals surface area contributed by atoms with E-state index in [1.165, 1.54) is 6.08 Å². The maximum Gasteiger partial charge on any atom is 0.248 e. The van der Waals surface area contributed by atoms with E-state index in [0.29, 0.717) is 29.6 Å². The Labute approximate surface area is 163 Å². The van der Waals surface area contributed by atoms with E-state index in [9.17, 15) is 4.79 Å². The molecule has 0 unspecified atom stereocenters. The van der Waals surface area contributed by atoms with E-state index in [2.05, 4.69) is 15.3 Å². The third kappa shape index (κ3) is 4.94. The third-order valence-electron chi connectivity index (χ3n) is 3.87. The minimum atomic E-state index is -0.274. The largest absolute Gasteiger partial charge is 0.493 e. The summed E-state index contributed by atoms with van der Waals surface area (Å²) in [5.41, 5.74) is 2.27. The minimum absolute atomic E-state index is 0.274. The highest BCUT2D eigenvalue weighted by atomic mass is 16.5. The summed E-state index contributed by atoms with van der Waals surface area (Å²) in [5, 5.41) is 2.74. The molecule has 0 aliphatic carbocycles. The molecule has 6 heteroatoms. The van der Waals surface area contributed by atoms with Crippen LogP contribution < -0.4 is 14.8 Å². The summed E-state index contributed by atoms with van der Waals surface area (Å²) in [5.74, 6) is 1.62. The van der Waals surface area contributed by atoms with Gasteiger partial charge in [-0.15, -0.1) is 0 Å². The van der Waals surface area contributed by atoms with Crippen LogP contribution in [-0.2, 0) is 4.79 Å². The van der Waals surface area contributed by atoms with Gasteiger partial charge in [0.05, 0.1) is 31.8 Å². The van der Waals surface area contributed by atoms with Gasteiger partial charge in [-0.25, -0.2) is 9.97 Å². The molecule has 0 aliphatic heterocycles. The first-order valence-corrected chi connectivity index (χ1v) is 8.87. The van der Waals surface area contributed by atoms with E-state index in [0.717, 1.165) is 11.1 Å². The fourth-order valence-electron chi connectivity index (χ4n) is 2.55. The number of carbonyl (C=O) groups is 1. The Hall–Kier alpha value is -3.67. The predicted octanol–water partition coefficient (Wildman–Crippen LogP) is 4.20. The number of rotatable bonds is 7. The SMILES string of the molecule is CCOc1ccc(/C=C/C(=O)Nc2cnc(-c3ccccc3)nc2)cc1OC. The number of aromatic nitrogens is 2. The zero-order valence-corrected chi connectivity index (χ0v) is 15.8. The third-order valence-corrected chi connectivity index (χ3v) is 3.87. The number of anilines is 1. The van der Waals surface area contributed by atoms with Gasteiger partial charge in [-0.2, -0.15) is 0 Å². The smallest absolute Gasteiger partial charge is 0.248 e. The number of carbonyl (C=O) groups excluding carboxylic acids is 1. The summed E-state index contributed by atoms with van der Waals surface area (Å²) in [6.07, 6.45) is 6.31. The molecule has 142 valence electrons. The first kappa shape index (κ1) is 19.1. The van der Waals surface area contributed by atoms with Crippen molar-refractivity contribution in [2.45, 2.75) is 6.92 Å². The number of ether oxygens (including phenoxy) is 2. The molecule has 1 heterocycles. The van der Waals surface area contributed by atoms with Crippen LogP contribution in [0.15, 0.2) is 67.0 Å². The topological polar surface area (TPSA) is 73.3 Å². The number of nitrogens with zero attached hydrogens (tertiary/aromatic N) is 2. The van der Waals surface area contributed by atoms with Gasteiger partial charge in [0, 0.05) is 11.6 Å². The minimum Gasteiger partial charge on any atom is -0.493 e.